The smallest absolute Gasteiger partial charge is 0.410 e. The quantitative estimate of drug-likeness (QED) is 0.702. The van der Waals surface area contributed by atoms with Gasteiger partial charge in [-0.3, -0.25) is 4.90 Å². The minimum Gasteiger partial charge on any atom is -0.444 e. The minimum atomic E-state index is -0.498. The first-order valence-electron chi connectivity index (χ1n) is 5.75. The zero-order valence-corrected chi connectivity index (χ0v) is 10.7. The minimum absolute atomic E-state index is 0.336. The maximum absolute atomic E-state index is 11.9. The Bertz CT molecular complexity index is 526. The normalized spacial score (nSPS) is 14.0. The van der Waals surface area contributed by atoms with Crippen LogP contribution < -0.4 is 0 Å². The maximum atomic E-state index is 11.9. The molecule has 0 bridgehead atoms. The average molecular weight is 245 g/mol. The number of aromatic nitrogens is 1. The highest BCUT2D eigenvalue weighted by Gasteiger charge is 2.28. The van der Waals surface area contributed by atoms with E-state index in [2.05, 4.69) is 4.98 Å². The van der Waals surface area contributed by atoms with Crippen LogP contribution in [0, 0.1) is 11.3 Å². The molecule has 0 fully saturated rings. The van der Waals surface area contributed by atoms with E-state index in [1.54, 1.807) is 17.2 Å². The van der Waals surface area contributed by atoms with E-state index in [-0.39, 0.29) is 6.09 Å². The lowest BCUT2D eigenvalue weighted by Crippen LogP contribution is -2.33. The van der Waals surface area contributed by atoms with E-state index in [0.717, 1.165) is 11.1 Å². The van der Waals surface area contributed by atoms with Crippen molar-refractivity contribution in [3.05, 3.63) is 29.1 Å². The summed E-state index contributed by atoms with van der Waals surface area (Å²) < 4.78 is 5.31. The fourth-order valence-electron chi connectivity index (χ4n) is 1.80. The molecule has 1 aliphatic heterocycles. The van der Waals surface area contributed by atoms with Crippen molar-refractivity contribution in [3.63, 3.8) is 0 Å². The van der Waals surface area contributed by atoms with E-state index in [1.165, 1.54) is 0 Å². The van der Waals surface area contributed by atoms with Crippen LogP contribution in [0.5, 0.6) is 0 Å². The van der Waals surface area contributed by atoms with Crippen LogP contribution in [0.3, 0.4) is 0 Å². The Labute approximate surface area is 106 Å². The van der Waals surface area contributed by atoms with Crippen molar-refractivity contribution in [2.75, 3.05) is 0 Å². The van der Waals surface area contributed by atoms with E-state index in [0.29, 0.717) is 18.8 Å². The number of rotatable bonds is 0. The molecule has 0 N–H and O–H groups in total. The highest BCUT2D eigenvalue weighted by atomic mass is 16.6. The molecule has 1 aliphatic rings. The summed E-state index contributed by atoms with van der Waals surface area (Å²) >= 11 is 0. The third-order valence-corrected chi connectivity index (χ3v) is 2.57. The van der Waals surface area contributed by atoms with E-state index in [4.69, 9.17) is 10.00 Å². The van der Waals surface area contributed by atoms with Gasteiger partial charge in [-0.05, 0) is 38.0 Å². The number of carbonyl (C=O) groups excluding carboxylic acids is 1. The molecule has 1 aromatic rings. The van der Waals surface area contributed by atoms with Gasteiger partial charge in [0, 0.05) is 12.7 Å². The van der Waals surface area contributed by atoms with Crippen molar-refractivity contribution in [2.24, 2.45) is 0 Å². The largest absolute Gasteiger partial charge is 0.444 e. The molecule has 0 radical (unpaired) electrons. The molecular weight excluding hydrogens is 230 g/mol. The second-order valence-corrected chi connectivity index (χ2v) is 5.29. The highest BCUT2D eigenvalue weighted by Crippen LogP contribution is 2.24. The van der Waals surface area contributed by atoms with Crippen LogP contribution in [-0.4, -0.2) is 21.6 Å². The fourth-order valence-corrected chi connectivity index (χ4v) is 1.80. The van der Waals surface area contributed by atoms with Crippen LogP contribution in [0.4, 0.5) is 4.79 Å². The Morgan fingerprint density at radius 3 is 2.72 bits per heavy atom. The molecule has 0 aliphatic carbocycles. The Kier molecular flexibility index (Phi) is 2.95. The van der Waals surface area contributed by atoms with E-state index < -0.39 is 5.60 Å². The predicted octanol–water partition coefficient (Wildman–Crippen LogP) is 2.20. The molecule has 0 aromatic carbocycles. The van der Waals surface area contributed by atoms with Gasteiger partial charge in [-0.25, -0.2) is 9.78 Å². The zero-order chi connectivity index (χ0) is 13.3. The third kappa shape index (κ3) is 2.59. The van der Waals surface area contributed by atoms with E-state index in [9.17, 15) is 4.79 Å². The monoisotopic (exact) mass is 245 g/mol. The van der Waals surface area contributed by atoms with Crippen molar-refractivity contribution in [2.45, 2.75) is 39.5 Å². The number of nitriles is 1. The van der Waals surface area contributed by atoms with E-state index >= 15 is 0 Å². The van der Waals surface area contributed by atoms with Crippen LogP contribution >= 0.6 is 0 Å². The number of pyridine rings is 1. The molecule has 5 nitrogen and oxygen atoms in total. The van der Waals surface area contributed by atoms with Crippen LogP contribution in [0.15, 0.2) is 12.3 Å². The second-order valence-electron chi connectivity index (χ2n) is 5.29. The first-order valence-corrected chi connectivity index (χ1v) is 5.75. The number of nitrogens with zero attached hydrogens (tertiary/aromatic N) is 3. The van der Waals surface area contributed by atoms with Gasteiger partial charge in [0.2, 0.25) is 0 Å². The molecule has 1 aromatic heterocycles. The lowest BCUT2D eigenvalue weighted by Gasteiger charge is -2.24. The number of ether oxygens (including phenoxy) is 1. The predicted molar refractivity (Wildman–Crippen MR) is 64.4 cm³/mol. The molecule has 2 heterocycles. The Morgan fingerprint density at radius 1 is 1.44 bits per heavy atom. The molecule has 0 saturated carbocycles. The molecule has 0 spiro atoms. The van der Waals surface area contributed by atoms with Crippen molar-refractivity contribution in [1.29, 1.82) is 5.26 Å². The Hall–Kier alpha value is -2.09. The molecule has 0 atom stereocenters. The fraction of sp³-hybridized carbons (Fsp3) is 0.462. The molecule has 2 rings (SSSR count). The zero-order valence-electron chi connectivity index (χ0n) is 10.7. The summed E-state index contributed by atoms with van der Waals surface area (Å²) in [5, 5.41) is 8.78. The van der Waals surface area contributed by atoms with Crippen LogP contribution in [-0.2, 0) is 17.8 Å². The number of hydrogen-bond donors (Lipinski definition) is 0. The van der Waals surface area contributed by atoms with Crippen LogP contribution in [0.2, 0.25) is 0 Å². The van der Waals surface area contributed by atoms with Gasteiger partial charge in [-0.1, -0.05) is 0 Å². The summed E-state index contributed by atoms with van der Waals surface area (Å²) in [6, 6.07) is 3.72. The van der Waals surface area contributed by atoms with Crippen LogP contribution in [0.25, 0.3) is 0 Å². The first kappa shape index (κ1) is 12.4. The first-order chi connectivity index (χ1) is 8.39. The lowest BCUT2D eigenvalue weighted by molar-refractivity contribution is 0.0242. The Balaban J connectivity index is 2.11. The standard InChI is InChI=1S/C13H15N3O2/c1-13(2,3)18-12(17)16-7-9-4-11(5-14)15-6-10(9)8-16/h4,6H,7-8H2,1-3H3. The van der Waals surface area contributed by atoms with Gasteiger partial charge in [0.05, 0.1) is 6.54 Å². The second kappa shape index (κ2) is 4.30. The maximum Gasteiger partial charge on any atom is 0.410 e. The van der Waals surface area contributed by atoms with Crippen molar-refractivity contribution >= 4 is 6.09 Å². The van der Waals surface area contributed by atoms with Crippen molar-refractivity contribution < 1.29 is 9.53 Å². The number of amides is 1. The van der Waals surface area contributed by atoms with Gasteiger partial charge in [0.1, 0.15) is 17.4 Å². The topological polar surface area (TPSA) is 66.2 Å². The number of hydrogen-bond acceptors (Lipinski definition) is 4. The molecule has 0 unspecified atom stereocenters. The average Bonchev–Trinajstić information content (AvgIpc) is 2.69. The summed E-state index contributed by atoms with van der Waals surface area (Å²) in [4.78, 5) is 17.5. The molecule has 0 saturated heterocycles. The molecule has 5 heteroatoms. The number of fused-ring (bicyclic) bond motifs is 1. The highest BCUT2D eigenvalue weighted by molar-refractivity contribution is 5.69. The van der Waals surface area contributed by atoms with Crippen molar-refractivity contribution in [3.8, 4) is 6.07 Å². The van der Waals surface area contributed by atoms with Gasteiger partial charge in [0.15, 0.2) is 0 Å². The van der Waals surface area contributed by atoms with E-state index in [1.807, 2.05) is 26.8 Å². The molecular formula is C13H15N3O2. The molecule has 1 amide bonds. The number of carbonyl (C=O) groups is 1. The summed E-state index contributed by atoms with van der Waals surface area (Å²) in [7, 11) is 0. The third-order valence-electron chi connectivity index (χ3n) is 2.57. The summed E-state index contributed by atoms with van der Waals surface area (Å²) in [6.45, 7) is 6.47. The van der Waals surface area contributed by atoms with Crippen LogP contribution in [0.1, 0.15) is 37.6 Å². The summed E-state index contributed by atoms with van der Waals surface area (Å²) in [5.41, 5.74) is 1.81. The Morgan fingerprint density at radius 2 is 2.11 bits per heavy atom. The van der Waals surface area contributed by atoms with Gasteiger partial charge >= 0.3 is 6.09 Å². The van der Waals surface area contributed by atoms with Gasteiger partial charge < -0.3 is 4.74 Å². The SMILES string of the molecule is CC(C)(C)OC(=O)N1Cc2cnc(C#N)cc2C1. The van der Waals surface area contributed by atoms with Gasteiger partial charge in [0.25, 0.3) is 0 Å². The molecule has 18 heavy (non-hydrogen) atoms. The molecule has 94 valence electrons. The van der Waals surface area contributed by atoms with Gasteiger partial charge in [-0.2, -0.15) is 5.26 Å². The van der Waals surface area contributed by atoms with Crippen molar-refractivity contribution in [1.82, 2.24) is 9.88 Å². The lowest BCUT2D eigenvalue weighted by atomic mass is 10.1. The summed E-state index contributed by atoms with van der Waals surface area (Å²) in [6.07, 6.45) is 1.32. The van der Waals surface area contributed by atoms with Gasteiger partial charge in [-0.15, -0.1) is 0 Å². The summed E-state index contributed by atoms with van der Waals surface area (Å²) in [5.74, 6) is 0.